The highest BCUT2D eigenvalue weighted by Crippen LogP contribution is 2.37. The van der Waals surface area contributed by atoms with Gasteiger partial charge in [0.1, 0.15) is 0 Å². The summed E-state index contributed by atoms with van der Waals surface area (Å²) in [5.41, 5.74) is 6.33. The summed E-state index contributed by atoms with van der Waals surface area (Å²) in [6, 6.07) is 16.4. The smallest absolute Gasteiger partial charge is 0.258 e. The molecule has 2 heterocycles. The first-order valence-corrected chi connectivity index (χ1v) is 12.1. The van der Waals surface area contributed by atoms with Crippen molar-refractivity contribution in [3.8, 4) is 11.4 Å². The molecule has 1 N–H and O–H groups in total. The first-order chi connectivity index (χ1) is 16.3. The zero-order valence-electron chi connectivity index (χ0n) is 20.5. The molecule has 34 heavy (non-hydrogen) atoms. The first kappa shape index (κ1) is 24.1. The fourth-order valence-electron chi connectivity index (χ4n) is 4.11. The second-order valence-corrected chi connectivity index (χ2v) is 9.40. The molecule has 0 radical (unpaired) electrons. The van der Waals surface area contributed by atoms with Crippen LogP contribution in [0.25, 0.3) is 17.0 Å². The number of nitrogens with one attached hydrogen (secondary N) is 1. The highest BCUT2D eigenvalue weighted by molar-refractivity contribution is 7.80. The van der Waals surface area contributed by atoms with Gasteiger partial charge in [-0.3, -0.25) is 0 Å². The highest BCUT2D eigenvalue weighted by Gasteiger charge is 2.33. The molecular weight excluding hydrogens is 444 g/mol. The molecule has 178 valence electrons. The Labute approximate surface area is 207 Å². The van der Waals surface area contributed by atoms with E-state index in [-0.39, 0.29) is 12.1 Å². The van der Waals surface area contributed by atoms with Crippen LogP contribution in [0.1, 0.15) is 55.8 Å². The van der Waals surface area contributed by atoms with E-state index in [9.17, 15) is 0 Å². The number of rotatable bonds is 8. The first-order valence-electron chi connectivity index (χ1n) is 11.7. The normalized spacial score (nSPS) is 16.4. The minimum atomic E-state index is -0.179. The van der Waals surface area contributed by atoms with Crippen LogP contribution < -0.4 is 5.32 Å². The van der Waals surface area contributed by atoms with Crippen molar-refractivity contribution in [2.45, 2.75) is 53.2 Å². The van der Waals surface area contributed by atoms with E-state index in [1.54, 1.807) is 0 Å². The Hall–Kier alpha value is -3.03. The van der Waals surface area contributed by atoms with E-state index < -0.39 is 0 Å². The number of allylic oxidation sites excluding steroid dienone is 1. The molecule has 4 rings (SSSR count). The third-order valence-corrected chi connectivity index (χ3v) is 6.26. The predicted octanol–water partition coefficient (Wildman–Crippen LogP) is 5.83. The molecule has 7 heteroatoms. The topological polar surface area (TPSA) is 63.4 Å². The largest absolute Gasteiger partial charge is 0.379 e. The molecule has 1 unspecified atom stereocenters. The molecule has 0 bridgehead atoms. The summed E-state index contributed by atoms with van der Waals surface area (Å²) in [6.45, 7) is 11.7. The fraction of sp³-hybridized carbons (Fsp3) is 0.370. The van der Waals surface area contributed by atoms with Crippen LogP contribution >= 0.6 is 12.2 Å². The molecule has 0 aliphatic carbocycles. The van der Waals surface area contributed by atoms with Gasteiger partial charge in [0, 0.05) is 24.4 Å². The van der Waals surface area contributed by atoms with Gasteiger partial charge in [-0.15, -0.1) is 0 Å². The molecule has 1 aliphatic rings. The second-order valence-electron chi connectivity index (χ2n) is 9.01. The zero-order valence-corrected chi connectivity index (χ0v) is 21.3. The Morgan fingerprint density at radius 1 is 1.09 bits per heavy atom. The number of thiocarbonyl (C=S) groups is 1. The van der Waals surface area contributed by atoms with Crippen molar-refractivity contribution in [2.75, 3.05) is 13.2 Å². The van der Waals surface area contributed by atoms with Crippen molar-refractivity contribution in [2.24, 2.45) is 0 Å². The van der Waals surface area contributed by atoms with E-state index in [4.69, 9.17) is 26.5 Å². The lowest BCUT2D eigenvalue weighted by Gasteiger charge is -2.37. The SMILES string of the molecule is CC1=C(c2nc(-c3cccc(C)c3)no2)C(c2ccc(C)cc2)NC(=S)N1CCCOC(C)C. The zero-order chi connectivity index (χ0) is 24.2. The molecule has 6 nitrogen and oxygen atoms in total. The van der Waals surface area contributed by atoms with E-state index in [2.05, 4.69) is 72.5 Å². The van der Waals surface area contributed by atoms with Gasteiger partial charge in [-0.25, -0.2) is 0 Å². The highest BCUT2D eigenvalue weighted by atomic mass is 32.1. The van der Waals surface area contributed by atoms with Crippen molar-refractivity contribution in [3.63, 3.8) is 0 Å². The number of aromatic nitrogens is 2. The number of aryl methyl sites for hydroxylation is 2. The Balaban J connectivity index is 1.71. The molecule has 0 amide bonds. The van der Waals surface area contributed by atoms with E-state index in [1.165, 1.54) is 5.56 Å². The third kappa shape index (κ3) is 5.37. The molecule has 3 aromatic rings. The van der Waals surface area contributed by atoms with Gasteiger partial charge >= 0.3 is 0 Å². The number of nitrogens with zero attached hydrogens (tertiary/aromatic N) is 3. The summed E-state index contributed by atoms with van der Waals surface area (Å²) in [5.74, 6) is 1.07. The molecule has 2 aromatic carbocycles. The second kappa shape index (κ2) is 10.5. The number of hydrogen-bond donors (Lipinski definition) is 1. The van der Waals surface area contributed by atoms with Gasteiger partial charge in [-0.05, 0) is 64.9 Å². The Kier molecular flexibility index (Phi) is 7.44. The van der Waals surface area contributed by atoms with Crippen LogP contribution in [0.4, 0.5) is 0 Å². The van der Waals surface area contributed by atoms with E-state index in [0.717, 1.165) is 40.9 Å². The summed E-state index contributed by atoms with van der Waals surface area (Å²) in [7, 11) is 0. The molecule has 0 saturated heterocycles. The monoisotopic (exact) mass is 476 g/mol. The fourth-order valence-corrected chi connectivity index (χ4v) is 4.46. The van der Waals surface area contributed by atoms with Crippen molar-refractivity contribution in [1.29, 1.82) is 0 Å². The van der Waals surface area contributed by atoms with Crippen molar-refractivity contribution in [3.05, 3.63) is 76.8 Å². The Morgan fingerprint density at radius 2 is 1.85 bits per heavy atom. The van der Waals surface area contributed by atoms with Crippen molar-refractivity contribution >= 4 is 22.9 Å². The molecule has 0 saturated carbocycles. The summed E-state index contributed by atoms with van der Waals surface area (Å²) in [6.07, 6.45) is 1.07. The minimum Gasteiger partial charge on any atom is -0.379 e. The molecule has 1 aromatic heterocycles. The van der Waals surface area contributed by atoms with Crippen molar-refractivity contribution in [1.82, 2.24) is 20.4 Å². The Morgan fingerprint density at radius 3 is 2.56 bits per heavy atom. The van der Waals surface area contributed by atoms with Gasteiger partial charge in [-0.1, -0.05) is 58.7 Å². The molecule has 1 atom stereocenters. The van der Waals surface area contributed by atoms with Crippen LogP contribution in [0, 0.1) is 13.8 Å². The van der Waals surface area contributed by atoms with E-state index in [1.807, 2.05) is 26.0 Å². The molecule has 0 spiro atoms. The number of ether oxygens (including phenoxy) is 1. The molecular formula is C27H32N4O2S. The van der Waals surface area contributed by atoms with Crippen LogP contribution in [-0.4, -0.2) is 39.4 Å². The van der Waals surface area contributed by atoms with Crippen molar-refractivity contribution < 1.29 is 9.26 Å². The molecule has 0 fully saturated rings. The lowest BCUT2D eigenvalue weighted by atomic mass is 9.94. The summed E-state index contributed by atoms with van der Waals surface area (Å²) < 4.78 is 11.6. The summed E-state index contributed by atoms with van der Waals surface area (Å²) >= 11 is 5.78. The minimum absolute atomic E-state index is 0.179. The van der Waals surface area contributed by atoms with Gasteiger partial charge in [0.15, 0.2) is 5.11 Å². The van der Waals surface area contributed by atoms with Crippen LogP contribution in [0.2, 0.25) is 0 Å². The lowest BCUT2D eigenvalue weighted by Crippen LogP contribution is -2.46. The maximum absolute atomic E-state index is 5.83. The van der Waals surface area contributed by atoms with Crippen LogP contribution in [0.3, 0.4) is 0 Å². The predicted molar refractivity (Wildman–Crippen MR) is 139 cm³/mol. The number of hydrogen-bond acceptors (Lipinski definition) is 5. The summed E-state index contributed by atoms with van der Waals surface area (Å²) in [4.78, 5) is 6.90. The van der Waals surface area contributed by atoms with Crippen LogP contribution in [0.15, 0.2) is 58.8 Å². The van der Waals surface area contributed by atoms with E-state index >= 15 is 0 Å². The average Bonchev–Trinajstić information content (AvgIpc) is 3.28. The summed E-state index contributed by atoms with van der Waals surface area (Å²) in [5, 5.41) is 8.51. The van der Waals surface area contributed by atoms with Gasteiger partial charge in [-0.2, -0.15) is 4.98 Å². The van der Waals surface area contributed by atoms with Gasteiger partial charge in [0.05, 0.1) is 17.7 Å². The standard InChI is InChI=1S/C27H32N4O2S/c1-17(2)32-15-7-14-31-20(5)23(24(28-27(31)34)21-12-10-18(3)11-13-21)26-29-25(30-33-26)22-9-6-8-19(4)16-22/h6,8-13,16-17,24H,7,14-15H2,1-5H3,(H,28,34). The van der Waals surface area contributed by atoms with Crippen LogP contribution in [0.5, 0.6) is 0 Å². The lowest BCUT2D eigenvalue weighted by molar-refractivity contribution is 0.0749. The maximum Gasteiger partial charge on any atom is 0.258 e. The average molecular weight is 477 g/mol. The Bertz CT molecular complexity index is 1180. The van der Waals surface area contributed by atoms with Gasteiger partial charge < -0.3 is 19.5 Å². The third-order valence-electron chi connectivity index (χ3n) is 5.92. The number of benzene rings is 2. The van der Waals surface area contributed by atoms with Gasteiger partial charge in [0.2, 0.25) is 5.82 Å². The maximum atomic E-state index is 5.83. The van der Waals surface area contributed by atoms with Crippen LogP contribution in [-0.2, 0) is 4.74 Å². The molecule has 1 aliphatic heterocycles. The quantitative estimate of drug-likeness (QED) is 0.324. The van der Waals surface area contributed by atoms with Gasteiger partial charge in [0.25, 0.3) is 5.89 Å². The van der Waals surface area contributed by atoms with E-state index in [0.29, 0.717) is 23.4 Å².